The molecule has 0 saturated carbocycles. The molecule has 3 rings (SSSR count). The van der Waals surface area contributed by atoms with E-state index in [0.717, 1.165) is 6.42 Å². The van der Waals surface area contributed by atoms with Crippen LogP contribution in [-0.2, 0) is 12.8 Å². The quantitative estimate of drug-likeness (QED) is 0.781. The van der Waals surface area contributed by atoms with Crippen LogP contribution in [0.4, 0.5) is 0 Å². The number of nitrogens with zero attached hydrogens (tertiary/aromatic N) is 1. The highest BCUT2D eigenvalue weighted by Gasteiger charge is 2.21. The highest BCUT2D eigenvalue weighted by Crippen LogP contribution is 2.39. The first-order valence-corrected chi connectivity index (χ1v) is 6.22. The number of aromatic amines is 1. The third kappa shape index (κ3) is 1.34. The third-order valence-corrected chi connectivity index (χ3v) is 4.50. The molecule has 0 aliphatic heterocycles. The van der Waals surface area contributed by atoms with Crippen LogP contribution in [0.2, 0.25) is 0 Å². The Kier molecular flexibility index (Phi) is 1.96. The van der Waals surface area contributed by atoms with Gasteiger partial charge in [-0.3, -0.25) is 5.10 Å². The monoisotopic (exact) mass is 218 g/mol. The molecule has 78 valence electrons. The summed E-state index contributed by atoms with van der Waals surface area (Å²) in [5.41, 5.74) is 4.01. The summed E-state index contributed by atoms with van der Waals surface area (Å²) in [6, 6.07) is 2.33. The van der Waals surface area contributed by atoms with Crippen LogP contribution in [0, 0.1) is 0 Å². The number of rotatable bonds is 1. The van der Waals surface area contributed by atoms with E-state index < -0.39 is 0 Å². The lowest BCUT2D eigenvalue weighted by Crippen LogP contribution is -1.98. The lowest BCUT2D eigenvalue weighted by atomic mass is 9.96. The lowest BCUT2D eigenvalue weighted by molar-refractivity contribution is 0.890. The number of H-pyrrole nitrogens is 1. The number of hydrogen-bond acceptors (Lipinski definition) is 2. The van der Waals surface area contributed by atoms with Crippen molar-refractivity contribution in [1.29, 1.82) is 0 Å². The Morgan fingerprint density at radius 1 is 1.40 bits per heavy atom. The predicted octanol–water partition coefficient (Wildman–Crippen LogP) is 3.36. The molecule has 0 amide bonds. The van der Waals surface area contributed by atoms with Gasteiger partial charge in [0.25, 0.3) is 0 Å². The summed E-state index contributed by atoms with van der Waals surface area (Å²) < 4.78 is 0. The standard InChI is InChI=1S/C12H14N2S/c1-7(2)11-5-9-10(15-11)4-3-8-6-13-14-12(8)9/h5-7H,3-4H2,1-2H3,(H,13,14). The van der Waals surface area contributed by atoms with E-state index in [1.54, 1.807) is 0 Å². The van der Waals surface area contributed by atoms with Crippen molar-refractivity contribution in [3.8, 4) is 11.3 Å². The summed E-state index contributed by atoms with van der Waals surface area (Å²) in [4.78, 5) is 3.01. The largest absolute Gasteiger partial charge is 0.278 e. The Bertz CT molecular complexity index is 493. The lowest BCUT2D eigenvalue weighted by Gasteiger charge is -2.09. The number of hydrogen-bond donors (Lipinski definition) is 1. The van der Waals surface area contributed by atoms with Crippen LogP contribution >= 0.6 is 11.3 Å². The van der Waals surface area contributed by atoms with Gasteiger partial charge >= 0.3 is 0 Å². The summed E-state index contributed by atoms with van der Waals surface area (Å²) in [6.45, 7) is 4.51. The molecule has 0 radical (unpaired) electrons. The predicted molar refractivity (Wildman–Crippen MR) is 63.4 cm³/mol. The van der Waals surface area contributed by atoms with Gasteiger partial charge in [0.05, 0.1) is 11.9 Å². The normalized spacial score (nSPS) is 14.1. The molecule has 1 aliphatic carbocycles. The van der Waals surface area contributed by atoms with Crippen LogP contribution in [0.1, 0.15) is 35.1 Å². The molecule has 2 heterocycles. The minimum Gasteiger partial charge on any atom is -0.278 e. The number of aryl methyl sites for hydroxylation is 2. The van der Waals surface area contributed by atoms with Crippen molar-refractivity contribution < 1.29 is 0 Å². The number of nitrogens with one attached hydrogen (secondary N) is 1. The van der Waals surface area contributed by atoms with Crippen LogP contribution in [0.15, 0.2) is 12.3 Å². The molecule has 0 saturated heterocycles. The van der Waals surface area contributed by atoms with Crippen molar-refractivity contribution in [3.63, 3.8) is 0 Å². The summed E-state index contributed by atoms with van der Waals surface area (Å²) in [7, 11) is 0. The molecule has 0 atom stereocenters. The Hall–Kier alpha value is -1.09. The highest BCUT2D eigenvalue weighted by molar-refractivity contribution is 7.12. The Balaban J connectivity index is 2.16. The second-order valence-corrected chi connectivity index (χ2v) is 5.58. The summed E-state index contributed by atoms with van der Waals surface area (Å²) in [5, 5.41) is 7.26. The first kappa shape index (κ1) is 9.16. The zero-order chi connectivity index (χ0) is 10.4. The summed E-state index contributed by atoms with van der Waals surface area (Å²) in [5.74, 6) is 0.631. The molecule has 0 spiro atoms. The third-order valence-electron chi connectivity index (χ3n) is 3.01. The van der Waals surface area contributed by atoms with Gasteiger partial charge in [0.1, 0.15) is 0 Å². The van der Waals surface area contributed by atoms with Crippen molar-refractivity contribution in [2.45, 2.75) is 32.6 Å². The van der Waals surface area contributed by atoms with Gasteiger partial charge in [0, 0.05) is 15.3 Å². The second kappa shape index (κ2) is 3.20. The molecule has 1 N–H and O–H groups in total. The van der Waals surface area contributed by atoms with E-state index in [9.17, 15) is 0 Å². The van der Waals surface area contributed by atoms with Gasteiger partial charge in [0.15, 0.2) is 0 Å². The average Bonchev–Trinajstić information content (AvgIpc) is 2.82. The van der Waals surface area contributed by atoms with Crippen LogP contribution < -0.4 is 0 Å². The van der Waals surface area contributed by atoms with Crippen LogP contribution in [0.25, 0.3) is 11.3 Å². The van der Waals surface area contributed by atoms with Gasteiger partial charge in [-0.2, -0.15) is 5.10 Å². The smallest absolute Gasteiger partial charge is 0.0693 e. The molecule has 0 fully saturated rings. The maximum absolute atomic E-state index is 4.14. The van der Waals surface area contributed by atoms with Crippen molar-refractivity contribution in [2.75, 3.05) is 0 Å². The molecule has 2 aromatic heterocycles. The van der Waals surface area contributed by atoms with Gasteiger partial charge in [-0.25, -0.2) is 0 Å². The molecule has 2 nitrogen and oxygen atoms in total. The van der Waals surface area contributed by atoms with Gasteiger partial charge in [-0.1, -0.05) is 13.8 Å². The van der Waals surface area contributed by atoms with Crippen molar-refractivity contribution in [3.05, 3.63) is 27.6 Å². The summed E-state index contributed by atoms with van der Waals surface area (Å²) in [6.07, 6.45) is 4.28. The van der Waals surface area contributed by atoms with Crippen molar-refractivity contribution >= 4 is 11.3 Å². The first-order chi connectivity index (χ1) is 7.25. The van der Waals surface area contributed by atoms with Crippen molar-refractivity contribution in [2.24, 2.45) is 0 Å². The van der Waals surface area contributed by atoms with E-state index in [1.807, 2.05) is 17.5 Å². The van der Waals surface area contributed by atoms with E-state index in [4.69, 9.17) is 0 Å². The second-order valence-electron chi connectivity index (χ2n) is 4.41. The molecular formula is C12H14N2S. The minimum atomic E-state index is 0.631. The van der Waals surface area contributed by atoms with Crippen LogP contribution in [0.5, 0.6) is 0 Å². The molecule has 2 aromatic rings. The Morgan fingerprint density at radius 2 is 2.27 bits per heavy atom. The molecule has 0 bridgehead atoms. The van der Waals surface area contributed by atoms with E-state index in [-0.39, 0.29) is 0 Å². The van der Waals surface area contributed by atoms with E-state index in [0.29, 0.717) is 5.92 Å². The first-order valence-electron chi connectivity index (χ1n) is 5.41. The van der Waals surface area contributed by atoms with Crippen LogP contribution in [0.3, 0.4) is 0 Å². The number of thiophene rings is 1. The van der Waals surface area contributed by atoms with Crippen molar-refractivity contribution in [1.82, 2.24) is 10.2 Å². The number of fused-ring (bicyclic) bond motifs is 3. The molecular weight excluding hydrogens is 204 g/mol. The molecule has 1 aliphatic rings. The maximum Gasteiger partial charge on any atom is 0.0693 e. The van der Waals surface area contributed by atoms with E-state index in [2.05, 4.69) is 30.1 Å². The topological polar surface area (TPSA) is 28.7 Å². The SMILES string of the molecule is CC(C)c1cc2c(s1)CCc1cn[nH]c1-2. The van der Waals surface area contributed by atoms with Gasteiger partial charge < -0.3 is 0 Å². The highest BCUT2D eigenvalue weighted by atomic mass is 32.1. The average molecular weight is 218 g/mol. The zero-order valence-corrected chi connectivity index (χ0v) is 9.82. The Morgan fingerprint density at radius 3 is 3.07 bits per heavy atom. The molecule has 0 unspecified atom stereocenters. The molecule has 3 heteroatoms. The fourth-order valence-electron chi connectivity index (χ4n) is 2.11. The van der Waals surface area contributed by atoms with Crippen LogP contribution in [-0.4, -0.2) is 10.2 Å². The fraction of sp³-hybridized carbons (Fsp3) is 0.417. The Labute approximate surface area is 93.3 Å². The maximum atomic E-state index is 4.14. The number of aromatic nitrogens is 2. The molecule has 15 heavy (non-hydrogen) atoms. The van der Waals surface area contributed by atoms with Gasteiger partial charge in [-0.05, 0) is 30.4 Å². The van der Waals surface area contributed by atoms with Gasteiger partial charge in [0.2, 0.25) is 0 Å². The van der Waals surface area contributed by atoms with Gasteiger partial charge in [-0.15, -0.1) is 11.3 Å². The summed E-state index contributed by atoms with van der Waals surface area (Å²) >= 11 is 1.96. The van der Waals surface area contributed by atoms with E-state index in [1.165, 1.54) is 33.0 Å². The minimum absolute atomic E-state index is 0.631. The fourth-order valence-corrected chi connectivity index (χ4v) is 3.29. The van der Waals surface area contributed by atoms with E-state index >= 15 is 0 Å². The molecule has 0 aromatic carbocycles. The zero-order valence-electron chi connectivity index (χ0n) is 9.00.